The zero-order chi connectivity index (χ0) is 18.2. The van der Waals surface area contributed by atoms with E-state index in [9.17, 15) is 0 Å². The Morgan fingerprint density at radius 2 is 1.96 bits per heavy atom. The highest BCUT2D eigenvalue weighted by atomic mass is 32.2. The molecular weight excluding hydrogens is 344 g/mol. The Bertz CT molecular complexity index is 883. The van der Waals surface area contributed by atoms with E-state index in [1.165, 1.54) is 17.3 Å². The van der Waals surface area contributed by atoms with Crippen molar-refractivity contribution in [1.29, 1.82) is 5.26 Å². The molecule has 0 aliphatic heterocycles. The second-order valence-corrected chi connectivity index (χ2v) is 6.63. The Morgan fingerprint density at radius 1 is 1.12 bits per heavy atom. The topological polar surface area (TPSA) is 74.7 Å². The van der Waals surface area contributed by atoms with Crippen LogP contribution >= 0.6 is 11.8 Å². The monoisotopic (exact) mass is 363 g/mol. The van der Waals surface area contributed by atoms with E-state index in [1.807, 2.05) is 30.3 Å². The van der Waals surface area contributed by atoms with Gasteiger partial charge >= 0.3 is 0 Å². The molecule has 0 aliphatic rings. The largest absolute Gasteiger partial charge is 0.411 e. The normalized spacial score (nSPS) is 10.6. The quantitative estimate of drug-likeness (QED) is 0.477. The first-order valence-electron chi connectivity index (χ1n) is 8.33. The van der Waals surface area contributed by atoms with Gasteiger partial charge < -0.3 is 9.73 Å². The van der Waals surface area contributed by atoms with Gasteiger partial charge in [0.25, 0.3) is 5.22 Å². The first-order chi connectivity index (χ1) is 12.8. The van der Waals surface area contributed by atoms with E-state index in [1.54, 1.807) is 6.07 Å². The highest BCUT2D eigenvalue weighted by molar-refractivity contribution is 7.98. The molecule has 1 heterocycles. The number of nitrogens with zero attached hydrogens (tertiary/aromatic N) is 3. The Kier molecular flexibility index (Phi) is 6.42. The van der Waals surface area contributed by atoms with Crippen molar-refractivity contribution >= 4 is 11.8 Å². The van der Waals surface area contributed by atoms with Crippen LogP contribution in [0.3, 0.4) is 0 Å². The van der Waals surface area contributed by atoms with Crippen molar-refractivity contribution in [2.24, 2.45) is 0 Å². The Hall–Kier alpha value is -2.62. The predicted molar refractivity (Wildman–Crippen MR) is 102 cm³/mol. The van der Waals surface area contributed by atoms with Gasteiger partial charge in [0.05, 0.1) is 11.6 Å². The van der Waals surface area contributed by atoms with E-state index in [2.05, 4.69) is 40.6 Å². The summed E-state index contributed by atoms with van der Waals surface area (Å²) < 4.78 is 5.74. The zero-order valence-corrected chi connectivity index (χ0v) is 15.1. The lowest BCUT2D eigenvalue weighted by Crippen LogP contribution is -2.13. The van der Waals surface area contributed by atoms with Crippen LogP contribution in [-0.2, 0) is 12.3 Å². The molecule has 3 rings (SSSR count). The molecule has 0 unspecified atom stereocenters. The van der Waals surface area contributed by atoms with Gasteiger partial charge in [-0.1, -0.05) is 43.0 Å². The Balaban J connectivity index is 1.59. The Labute approximate surface area is 157 Å². The van der Waals surface area contributed by atoms with E-state index < -0.39 is 0 Å². The minimum absolute atomic E-state index is 0.510. The predicted octanol–water partition coefficient (Wildman–Crippen LogP) is 4.21. The number of nitrogens with one attached hydrogen (secondary N) is 1. The van der Waals surface area contributed by atoms with Gasteiger partial charge in [0.1, 0.15) is 0 Å². The van der Waals surface area contributed by atoms with Crippen molar-refractivity contribution in [1.82, 2.24) is 15.5 Å². The lowest BCUT2D eigenvalue weighted by atomic mass is 10.1. The number of rotatable bonds is 8. The smallest absolute Gasteiger partial charge is 0.277 e. The molecule has 0 atom stereocenters. The molecule has 0 bridgehead atoms. The molecule has 5 nitrogen and oxygen atoms in total. The van der Waals surface area contributed by atoms with Gasteiger partial charge in [-0.2, -0.15) is 5.26 Å². The van der Waals surface area contributed by atoms with E-state index in [4.69, 9.17) is 9.68 Å². The van der Waals surface area contributed by atoms with E-state index in [0.29, 0.717) is 22.4 Å². The van der Waals surface area contributed by atoms with Crippen LogP contribution in [-0.4, -0.2) is 16.7 Å². The number of aromatic nitrogens is 2. The molecule has 3 aromatic rings. The van der Waals surface area contributed by atoms with Crippen molar-refractivity contribution in [3.05, 3.63) is 72.1 Å². The number of nitriles is 1. The van der Waals surface area contributed by atoms with E-state index >= 15 is 0 Å². The van der Waals surface area contributed by atoms with Gasteiger partial charge in [0.15, 0.2) is 0 Å². The summed E-state index contributed by atoms with van der Waals surface area (Å²) in [4.78, 5) is 0. The molecule has 1 radical (unpaired) electrons. The summed E-state index contributed by atoms with van der Waals surface area (Å²) in [6.07, 6.45) is 0.876. The van der Waals surface area contributed by atoms with Crippen LogP contribution in [0.4, 0.5) is 0 Å². The zero-order valence-electron chi connectivity index (χ0n) is 14.3. The average molecular weight is 363 g/mol. The second-order valence-electron chi connectivity index (χ2n) is 5.70. The third-order valence-corrected chi connectivity index (χ3v) is 4.60. The maximum atomic E-state index is 8.95. The molecule has 6 heteroatoms. The molecule has 131 valence electrons. The molecule has 0 fully saturated rings. The summed E-state index contributed by atoms with van der Waals surface area (Å²) >= 11 is 1.46. The van der Waals surface area contributed by atoms with Gasteiger partial charge in [-0.3, -0.25) is 0 Å². The third-order valence-electron chi connectivity index (χ3n) is 3.71. The molecule has 1 aromatic heterocycles. The highest BCUT2D eigenvalue weighted by Crippen LogP contribution is 2.26. The number of hydrogen-bond donors (Lipinski definition) is 1. The van der Waals surface area contributed by atoms with Crippen LogP contribution in [0.1, 0.15) is 23.1 Å². The van der Waals surface area contributed by atoms with Crippen LogP contribution in [0.2, 0.25) is 0 Å². The van der Waals surface area contributed by atoms with E-state index in [0.717, 1.165) is 30.6 Å². The van der Waals surface area contributed by atoms with Crippen LogP contribution in [0.5, 0.6) is 0 Å². The van der Waals surface area contributed by atoms with Gasteiger partial charge in [-0.05, 0) is 48.4 Å². The molecule has 2 aromatic carbocycles. The standard InChI is InChI=1S/C20H19N4OS/c1-2-10-22-13-15-6-8-18(9-7-15)19-23-24-20(25-19)26-14-17-5-3-4-16(11-17)12-21/h3-9,11,22H,1-2,10,13-14H2. The fourth-order valence-electron chi connectivity index (χ4n) is 2.38. The number of thioether (sulfide) groups is 1. The highest BCUT2D eigenvalue weighted by Gasteiger charge is 2.09. The SMILES string of the molecule is [CH2]CCNCc1ccc(-c2nnc(SCc3cccc(C#N)c3)o2)cc1. The first kappa shape index (κ1) is 18.2. The molecule has 0 saturated carbocycles. The Morgan fingerprint density at radius 3 is 2.73 bits per heavy atom. The van der Waals surface area contributed by atoms with Gasteiger partial charge in [0, 0.05) is 17.9 Å². The first-order valence-corrected chi connectivity index (χ1v) is 9.31. The summed E-state index contributed by atoms with van der Waals surface area (Å²) in [5.41, 5.74) is 3.80. The van der Waals surface area contributed by atoms with Gasteiger partial charge in [0.2, 0.25) is 5.89 Å². The van der Waals surface area contributed by atoms with Gasteiger partial charge in [-0.25, -0.2) is 0 Å². The summed E-state index contributed by atoms with van der Waals surface area (Å²) in [5, 5.41) is 21.0. The lowest BCUT2D eigenvalue weighted by Gasteiger charge is -2.03. The summed E-state index contributed by atoms with van der Waals surface area (Å²) in [7, 11) is 0. The minimum Gasteiger partial charge on any atom is -0.411 e. The number of benzene rings is 2. The number of hydrogen-bond acceptors (Lipinski definition) is 6. The van der Waals surface area contributed by atoms with Gasteiger partial charge in [-0.15, -0.1) is 10.2 Å². The van der Waals surface area contributed by atoms with Crippen LogP contribution in [0.25, 0.3) is 11.5 Å². The molecule has 1 N–H and O–H groups in total. The molecule has 0 saturated heterocycles. The fraction of sp³-hybridized carbons (Fsp3) is 0.200. The van der Waals surface area contributed by atoms with Crippen molar-refractivity contribution < 1.29 is 4.42 Å². The summed E-state index contributed by atoms with van der Waals surface area (Å²) in [6.45, 7) is 5.54. The summed E-state index contributed by atoms with van der Waals surface area (Å²) in [5.74, 6) is 1.18. The third kappa shape index (κ3) is 4.94. The van der Waals surface area contributed by atoms with Crippen LogP contribution < -0.4 is 5.32 Å². The average Bonchev–Trinajstić information content (AvgIpc) is 3.16. The molecular formula is C20H19N4OS. The van der Waals surface area contributed by atoms with Crippen molar-refractivity contribution in [3.63, 3.8) is 0 Å². The maximum Gasteiger partial charge on any atom is 0.277 e. The van der Waals surface area contributed by atoms with Crippen LogP contribution in [0, 0.1) is 18.3 Å². The maximum absolute atomic E-state index is 8.95. The van der Waals surface area contributed by atoms with Crippen molar-refractivity contribution in [2.45, 2.75) is 23.9 Å². The molecule has 26 heavy (non-hydrogen) atoms. The van der Waals surface area contributed by atoms with E-state index in [-0.39, 0.29) is 0 Å². The fourth-order valence-corrected chi connectivity index (χ4v) is 3.09. The molecule has 0 spiro atoms. The summed E-state index contributed by atoms with van der Waals surface area (Å²) in [6, 6.07) is 17.7. The molecule has 0 aliphatic carbocycles. The minimum atomic E-state index is 0.510. The lowest BCUT2D eigenvalue weighted by molar-refractivity contribution is 0.466. The second kappa shape index (κ2) is 9.18. The van der Waals surface area contributed by atoms with Crippen molar-refractivity contribution in [2.75, 3.05) is 6.54 Å². The van der Waals surface area contributed by atoms with Crippen LogP contribution in [0.15, 0.2) is 58.2 Å². The molecule has 0 amide bonds. The van der Waals surface area contributed by atoms with Crippen molar-refractivity contribution in [3.8, 4) is 17.5 Å².